The summed E-state index contributed by atoms with van der Waals surface area (Å²) in [5.41, 5.74) is 6.38. The molecule has 0 aliphatic carbocycles. The summed E-state index contributed by atoms with van der Waals surface area (Å²) in [5, 5.41) is 7.74. The number of furan rings is 1. The van der Waals surface area contributed by atoms with Gasteiger partial charge < -0.3 is 4.42 Å². The maximum atomic E-state index is 9.14. The summed E-state index contributed by atoms with van der Waals surface area (Å²) in [5.74, 6) is 0. The van der Waals surface area contributed by atoms with E-state index in [-0.39, 0.29) is 29.2 Å². The molecular weight excluding hydrogens is 605 g/mol. The Balaban J connectivity index is 1.20. The van der Waals surface area contributed by atoms with Crippen LogP contribution in [-0.2, 0) is 6.42 Å². The van der Waals surface area contributed by atoms with Gasteiger partial charge in [0.05, 0.1) is 12.3 Å². The second-order valence-electron chi connectivity index (χ2n) is 12.6. The van der Waals surface area contributed by atoms with Crippen molar-refractivity contribution in [3.63, 3.8) is 0 Å². The second kappa shape index (κ2) is 11.6. The Morgan fingerprint density at radius 1 is 0.420 bits per heavy atom. The Kier molecular flexibility index (Phi) is 4.84. The molecule has 50 heavy (non-hydrogen) atoms. The van der Waals surface area contributed by atoms with E-state index in [1.165, 1.54) is 0 Å². The SMILES string of the molecule is [2H]c1c([2H])c([2H])c(-c2c([2H])c([2H])c([2H])c([2H])c2Cc2c3ccccc3c(-c3ccc4oc5cc6ccc(-c7ccccc7)cc6cc5c4c3)c3ccccc23)c([2H])c1[2H]. The van der Waals surface area contributed by atoms with E-state index < -0.39 is 48.3 Å². The maximum Gasteiger partial charge on any atom is 0.136 e. The molecule has 1 aromatic heterocycles. The van der Waals surface area contributed by atoms with Crippen LogP contribution >= 0.6 is 0 Å². The molecule has 0 amide bonds. The van der Waals surface area contributed by atoms with E-state index in [1.807, 2.05) is 72.8 Å². The highest BCUT2D eigenvalue weighted by Crippen LogP contribution is 2.43. The third kappa shape index (κ3) is 4.70. The van der Waals surface area contributed by atoms with Gasteiger partial charge in [-0.2, -0.15) is 0 Å². The van der Waals surface area contributed by atoms with Crippen molar-refractivity contribution in [1.29, 1.82) is 0 Å². The molecule has 0 aliphatic rings. The molecule has 1 heterocycles. The van der Waals surface area contributed by atoms with Crippen molar-refractivity contribution in [2.24, 2.45) is 0 Å². The van der Waals surface area contributed by atoms with Crippen molar-refractivity contribution < 1.29 is 16.8 Å². The minimum absolute atomic E-state index is 0.000860. The van der Waals surface area contributed by atoms with Gasteiger partial charge in [0.15, 0.2) is 0 Å². The maximum absolute atomic E-state index is 9.14. The normalized spacial score (nSPS) is 14.2. The zero-order valence-electron chi connectivity index (χ0n) is 35.7. The van der Waals surface area contributed by atoms with Crippen LogP contribution in [0.25, 0.3) is 87.6 Å². The van der Waals surface area contributed by atoms with Crippen molar-refractivity contribution >= 4 is 54.3 Å². The summed E-state index contributed by atoms with van der Waals surface area (Å²) in [6.45, 7) is 0. The third-order valence-electron chi connectivity index (χ3n) is 9.74. The Labute approximate surface area is 303 Å². The average Bonchev–Trinajstić information content (AvgIpc) is 3.62. The molecule has 1 nitrogen and oxygen atoms in total. The fourth-order valence-electron chi connectivity index (χ4n) is 7.44. The molecule has 10 aromatic rings. The van der Waals surface area contributed by atoms with Gasteiger partial charge in [-0.1, -0.05) is 151 Å². The number of hydrogen-bond donors (Lipinski definition) is 0. The predicted octanol–water partition coefficient (Wildman–Crippen LogP) is 13.6. The Hall–Kier alpha value is -6.44. The number of hydrogen-bond acceptors (Lipinski definition) is 1. The zero-order chi connectivity index (χ0) is 40.9. The minimum atomic E-state index is -0.578. The first-order valence-corrected chi connectivity index (χ1v) is 16.6. The van der Waals surface area contributed by atoms with Crippen LogP contribution in [0.3, 0.4) is 0 Å². The molecule has 0 atom stereocenters. The minimum Gasteiger partial charge on any atom is -0.456 e. The van der Waals surface area contributed by atoms with Crippen molar-refractivity contribution in [3.8, 4) is 33.4 Å². The van der Waals surface area contributed by atoms with Crippen molar-refractivity contribution in [1.82, 2.24) is 0 Å². The van der Waals surface area contributed by atoms with E-state index in [0.717, 1.165) is 82.1 Å². The largest absolute Gasteiger partial charge is 0.456 e. The van der Waals surface area contributed by atoms with E-state index in [2.05, 4.69) is 54.6 Å². The molecule has 0 unspecified atom stereocenters. The van der Waals surface area contributed by atoms with Crippen molar-refractivity contribution in [2.75, 3.05) is 0 Å². The summed E-state index contributed by atoms with van der Waals surface area (Å²) in [6.07, 6.45) is -0.000860. The number of fused-ring (bicyclic) bond motifs is 6. The van der Waals surface area contributed by atoms with Crippen LogP contribution in [-0.4, -0.2) is 0 Å². The van der Waals surface area contributed by atoms with Gasteiger partial charge in [-0.05, 0) is 114 Å². The summed E-state index contributed by atoms with van der Waals surface area (Å²) in [7, 11) is 0. The molecule has 234 valence electrons. The van der Waals surface area contributed by atoms with E-state index in [9.17, 15) is 0 Å². The monoisotopic (exact) mass is 645 g/mol. The van der Waals surface area contributed by atoms with Crippen LogP contribution in [0.2, 0.25) is 0 Å². The molecule has 0 saturated heterocycles. The molecule has 10 rings (SSSR count). The van der Waals surface area contributed by atoms with Gasteiger partial charge >= 0.3 is 0 Å². The second-order valence-corrected chi connectivity index (χ2v) is 12.6. The van der Waals surface area contributed by atoms with Gasteiger partial charge in [-0.15, -0.1) is 0 Å². The van der Waals surface area contributed by atoms with Gasteiger partial charge in [-0.25, -0.2) is 0 Å². The molecule has 1 heteroatoms. The molecule has 0 radical (unpaired) electrons. The molecule has 0 spiro atoms. The van der Waals surface area contributed by atoms with E-state index >= 15 is 0 Å². The highest BCUT2D eigenvalue weighted by Gasteiger charge is 2.18. The standard InChI is InChI=1S/C49H32O/c1-3-13-32(14-4-1)34-23-24-35-31-48-46(30-38(35)27-34)45-29-37(25-26-47(45)50-48)49-42-21-11-9-19-40(42)44(41-20-10-12-22-43(41)49)28-36-17-7-8-18-39(36)33-15-5-2-6-16-33/h1-27,29-31H,28H2/i2D,5D,6D,7D,8D,15D,16D,17D,18D. The Morgan fingerprint density at radius 2 is 1.08 bits per heavy atom. The van der Waals surface area contributed by atoms with Crippen molar-refractivity contribution in [2.45, 2.75) is 6.42 Å². The first-order chi connectivity index (χ1) is 28.5. The summed E-state index contributed by atoms with van der Waals surface area (Å²) < 4.78 is 84.2. The molecule has 0 aliphatic heterocycles. The van der Waals surface area contributed by atoms with Crippen LogP contribution < -0.4 is 0 Å². The zero-order valence-corrected chi connectivity index (χ0v) is 26.7. The fourth-order valence-corrected chi connectivity index (χ4v) is 7.44. The smallest absolute Gasteiger partial charge is 0.136 e. The van der Waals surface area contributed by atoms with E-state index in [1.54, 1.807) is 0 Å². The van der Waals surface area contributed by atoms with Crippen molar-refractivity contribution in [3.05, 3.63) is 193 Å². The number of rotatable bonds is 5. The quantitative estimate of drug-likeness (QED) is 0.170. The Bertz CT molecular complexity index is 3320. The average molecular weight is 646 g/mol. The van der Waals surface area contributed by atoms with Crippen LogP contribution in [0.15, 0.2) is 186 Å². The predicted molar refractivity (Wildman–Crippen MR) is 212 cm³/mol. The van der Waals surface area contributed by atoms with Crippen LogP contribution in [0, 0.1) is 0 Å². The van der Waals surface area contributed by atoms with Gasteiger partial charge in [0.25, 0.3) is 0 Å². The van der Waals surface area contributed by atoms with Gasteiger partial charge in [0.2, 0.25) is 0 Å². The van der Waals surface area contributed by atoms with Gasteiger partial charge in [0.1, 0.15) is 11.2 Å². The first-order valence-electron chi connectivity index (χ1n) is 21.1. The van der Waals surface area contributed by atoms with Gasteiger partial charge in [-0.3, -0.25) is 0 Å². The Morgan fingerprint density at radius 3 is 1.86 bits per heavy atom. The molecule has 0 bridgehead atoms. The van der Waals surface area contributed by atoms with E-state index in [4.69, 9.17) is 16.8 Å². The topological polar surface area (TPSA) is 13.1 Å². The van der Waals surface area contributed by atoms with Crippen LogP contribution in [0.4, 0.5) is 0 Å². The van der Waals surface area contributed by atoms with Crippen LogP contribution in [0.1, 0.15) is 23.5 Å². The molecular formula is C49H32O. The molecule has 0 saturated carbocycles. The summed E-state index contributed by atoms with van der Waals surface area (Å²) in [4.78, 5) is 0. The lowest BCUT2D eigenvalue weighted by Gasteiger charge is -2.18. The molecule has 9 aromatic carbocycles. The van der Waals surface area contributed by atoms with E-state index in [0.29, 0.717) is 0 Å². The third-order valence-corrected chi connectivity index (χ3v) is 9.74. The summed E-state index contributed by atoms with van der Waals surface area (Å²) in [6, 6.07) is 38.6. The first kappa shape index (κ1) is 20.8. The van der Waals surface area contributed by atoms with Crippen LogP contribution in [0.5, 0.6) is 0 Å². The molecule has 0 fully saturated rings. The lowest BCUT2D eigenvalue weighted by atomic mass is 9.85. The number of benzene rings is 9. The van der Waals surface area contributed by atoms with Gasteiger partial charge in [0, 0.05) is 10.8 Å². The highest BCUT2D eigenvalue weighted by molar-refractivity contribution is 6.17. The lowest BCUT2D eigenvalue weighted by Crippen LogP contribution is -1.97. The summed E-state index contributed by atoms with van der Waals surface area (Å²) >= 11 is 0. The highest BCUT2D eigenvalue weighted by atomic mass is 16.3. The fraction of sp³-hybridized carbons (Fsp3) is 0.0204. The lowest BCUT2D eigenvalue weighted by molar-refractivity contribution is 0.669. The molecule has 0 N–H and O–H groups in total.